The number of anilines is 4. The lowest BCUT2D eigenvalue weighted by Crippen LogP contribution is -2.16. The van der Waals surface area contributed by atoms with Crippen LogP contribution in [0.2, 0.25) is 0 Å². The molecule has 1 aromatic heterocycles. The third-order valence-corrected chi connectivity index (χ3v) is 2.83. The van der Waals surface area contributed by atoms with Crippen molar-refractivity contribution in [3.8, 4) is 0 Å². The Hall–Kier alpha value is -2.58. The fourth-order valence-corrected chi connectivity index (χ4v) is 1.73. The molecule has 0 spiro atoms. The Morgan fingerprint density at radius 2 is 1.61 bits per heavy atom. The maximum absolute atomic E-state index is 12.6. The lowest BCUT2D eigenvalue weighted by molar-refractivity contribution is -0.137. The second kappa shape index (κ2) is 6.67. The molecule has 9 heteroatoms. The number of nitrogens with zero attached hydrogens (tertiary/aromatic N) is 4. The molecule has 2 N–H and O–H groups in total. The molecule has 0 unspecified atom stereocenters. The molecule has 0 saturated heterocycles. The van der Waals surface area contributed by atoms with Gasteiger partial charge in [-0.25, -0.2) is 0 Å². The largest absolute Gasteiger partial charge is 0.416 e. The summed E-state index contributed by atoms with van der Waals surface area (Å²) in [6.07, 6.45) is -4.36. The number of halogens is 3. The van der Waals surface area contributed by atoms with Crippen molar-refractivity contribution in [1.82, 2.24) is 15.0 Å². The SMILES string of the molecule is CCNc1nc(Nc2ccc(C(F)(F)F)cc2)nc(N(C)C)n1. The fourth-order valence-electron chi connectivity index (χ4n) is 1.73. The Balaban J connectivity index is 2.25. The molecular formula is C14H17F3N6. The van der Waals surface area contributed by atoms with Gasteiger partial charge in [0, 0.05) is 26.3 Å². The van der Waals surface area contributed by atoms with Crippen LogP contribution >= 0.6 is 0 Å². The maximum atomic E-state index is 12.6. The molecule has 0 bridgehead atoms. The molecule has 6 nitrogen and oxygen atoms in total. The zero-order valence-electron chi connectivity index (χ0n) is 12.9. The Bertz CT molecular complexity index is 655. The topological polar surface area (TPSA) is 66.0 Å². The zero-order chi connectivity index (χ0) is 17.0. The van der Waals surface area contributed by atoms with Crippen molar-refractivity contribution in [2.75, 3.05) is 36.2 Å². The number of nitrogens with one attached hydrogen (secondary N) is 2. The number of hydrogen-bond donors (Lipinski definition) is 2. The van der Waals surface area contributed by atoms with E-state index in [1.54, 1.807) is 19.0 Å². The van der Waals surface area contributed by atoms with Crippen LogP contribution in [0.5, 0.6) is 0 Å². The fraction of sp³-hybridized carbons (Fsp3) is 0.357. The highest BCUT2D eigenvalue weighted by Gasteiger charge is 2.29. The third-order valence-electron chi connectivity index (χ3n) is 2.83. The van der Waals surface area contributed by atoms with Crippen LogP contribution in [0.1, 0.15) is 12.5 Å². The second-order valence-corrected chi connectivity index (χ2v) is 4.91. The van der Waals surface area contributed by atoms with Gasteiger partial charge in [-0.15, -0.1) is 0 Å². The van der Waals surface area contributed by atoms with Crippen molar-refractivity contribution >= 4 is 23.5 Å². The van der Waals surface area contributed by atoms with Gasteiger partial charge in [-0.05, 0) is 31.2 Å². The van der Waals surface area contributed by atoms with E-state index in [0.29, 0.717) is 24.1 Å². The minimum atomic E-state index is -4.36. The molecule has 0 amide bonds. The van der Waals surface area contributed by atoms with E-state index in [2.05, 4.69) is 25.6 Å². The average molecular weight is 326 g/mol. The smallest absolute Gasteiger partial charge is 0.354 e. The van der Waals surface area contributed by atoms with E-state index < -0.39 is 11.7 Å². The Kier molecular flexibility index (Phi) is 4.87. The third kappa shape index (κ3) is 4.44. The Labute approximate surface area is 131 Å². The van der Waals surface area contributed by atoms with Gasteiger partial charge in [-0.3, -0.25) is 0 Å². The first-order valence-corrected chi connectivity index (χ1v) is 6.91. The zero-order valence-corrected chi connectivity index (χ0v) is 12.9. The van der Waals surface area contributed by atoms with Crippen molar-refractivity contribution in [2.45, 2.75) is 13.1 Å². The summed E-state index contributed by atoms with van der Waals surface area (Å²) in [5.74, 6) is 1.07. The Morgan fingerprint density at radius 1 is 1.00 bits per heavy atom. The number of rotatable bonds is 5. The van der Waals surface area contributed by atoms with E-state index in [1.807, 2.05) is 6.92 Å². The van der Waals surface area contributed by atoms with Gasteiger partial charge in [0.25, 0.3) is 0 Å². The van der Waals surface area contributed by atoms with Gasteiger partial charge in [0.2, 0.25) is 17.8 Å². The quantitative estimate of drug-likeness (QED) is 0.880. The van der Waals surface area contributed by atoms with Crippen LogP contribution in [-0.4, -0.2) is 35.6 Å². The average Bonchev–Trinajstić information content (AvgIpc) is 2.47. The highest BCUT2D eigenvalue weighted by Crippen LogP contribution is 2.30. The van der Waals surface area contributed by atoms with Crippen molar-refractivity contribution in [2.24, 2.45) is 0 Å². The van der Waals surface area contributed by atoms with Crippen molar-refractivity contribution in [1.29, 1.82) is 0 Å². The van der Waals surface area contributed by atoms with Crippen LogP contribution in [-0.2, 0) is 6.18 Å². The molecule has 2 rings (SSSR count). The molecule has 0 atom stereocenters. The second-order valence-electron chi connectivity index (χ2n) is 4.91. The molecule has 0 radical (unpaired) electrons. The van der Waals surface area contributed by atoms with E-state index >= 15 is 0 Å². The lowest BCUT2D eigenvalue weighted by atomic mass is 10.2. The van der Waals surface area contributed by atoms with Crippen molar-refractivity contribution in [3.05, 3.63) is 29.8 Å². The van der Waals surface area contributed by atoms with Gasteiger partial charge in [-0.2, -0.15) is 28.1 Å². The number of aromatic nitrogens is 3. The first-order chi connectivity index (χ1) is 10.8. The Morgan fingerprint density at radius 3 is 2.13 bits per heavy atom. The summed E-state index contributed by atoms with van der Waals surface area (Å²) >= 11 is 0. The van der Waals surface area contributed by atoms with Crippen LogP contribution in [0.25, 0.3) is 0 Å². The summed E-state index contributed by atoms with van der Waals surface area (Å²) in [6.45, 7) is 2.54. The van der Waals surface area contributed by atoms with E-state index in [0.717, 1.165) is 12.1 Å². The monoisotopic (exact) mass is 326 g/mol. The maximum Gasteiger partial charge on any atom is 0.416 e. The normalized spacial score (nSPS) is 11.2. The molecule has 1 aromatic carbocycles. The van der Waals surface area contributed by atoms with Crippen LogP contribution in [0.3, 0.4) is 0 Å². The standard InChI is InChI=1S/C14H17F3N6/c1-4-18-11-20-12(22-13(21-11)23(2)3)19-10-7-5-9(6-8-10)14(15,16)17/h5-8H,4H2,1-3H3,(H2,18,19,20,21,22). The highest BCUT2D eigenvalue weighted by molar-refractivity contribution is 5.56. The minimum absolute atomic E-state index is 0.249. The summed E-state index contributed by atoms with van der Waals surface area (Å²) < 4.78 is 37.7. The van der Waals surface area contributed by atoms with Gasteiger partial charge in [0.05, 0.1) is 5.56 Å². The molecule has 1 heterocycles. The van der Waals surface area contributed by atoms with Gasteiger partial charge < -0.3 is 15.5 Å². The molecule has 0 aliphatic heterocycles. The number of hydrogen-bond acceptors (Lipinski definition) is 6. The molecular weight excluding hydrogens is 309 g/mol. The lowest BCUT2D eigenvalue weighted by Gasteiger charge is -2.14. The molecule has 0 fully saturated rings. The summed E-state index contributed by atoms with van der Waals surface area (Å²) in [4.78, 5) is 14.3. The summed E-state index contributed by atoms with van der Waals surface area (Å²) in [6, 6.07) is 4.66. The van der Waals surface area contributed by atoms with Gasteiger partial charge in [0.15, 0.2) is 0 Å². The van der Waals surface area contributed by atoms with E-state index in [9.17, 15) is 13.2 Å². The predicted molar refractivity (Wildman–Crippen MR) is 83.0 cm³/mol. The summed E-state index contributed by atoms with van der Waals surface area (Å²) in [5.41, 5.74) is -0.252. The van der Waals surface area contributed by atoms with Crippen LogP contribution in [0.15, 0.2) is 24.3 Å². The minimum Gasteiger partial charge on any atom is -0.354 e. The first-order valence-electron chi connectivity index (χ1n) is 6.91. The number of benzene rings is 1. The van der Waals surface area contributed by atoms with E-state index in [4.69, 9.17) is 0 Å². The molecule has 0 aliphatic carbocycles. The van der Waals surface area contributed by atoms with E-state index in [-0.39, 0.29) is 5.95 Å². The van der Waals surface area contributed by atoms with Crippen molar-refractivity contribution in [3.63, 3.8) is 0 Å². The van der Waals surface area contributed by atoms with Gasteiger partial charge in [0.1, 0.15) is 0 Å². The van der Waals surface area contributed by atoms with E-state index in [1.165, 1.54) is 12.1 Å². The number of alkyl halides is 3. The molecule has 2 aromatic rings. The van der Waals surface area contributed by atoms with Crippen LogP contribution < -0.4 is 15.5 Å². The van der Waals surface area contributed by atoms with Crippen LogP contribution in [0.4, 0.5) is 36.7 Å². The first kappa shape index (κ1) is 16.8. The molecule has 23 heavy (non-hydrogen) atoms. The van der Waals surface area contributed by atoms with Crippen molar-refractivity contribution < 1.29 is 13.2 Å². The predicted octanol–water partition coefficient (Wildman–Crippen LogP) is 3.13. The van der Waals surface area contributed by atoms with Crippen LogP contribution in [0, 0.1) is 0 Å². The molecule has 0 aliphatic rings. The molecule has 0 saturated carbocycles. The molecule has 124 valence electrons. The van der Waals surface area contributed by atoms with Gasteiger partial charge in [-0.1, -0.05) is 0 Å². The summed E-state index contributed by atoms with van der Waals surface area (Å²) in [7, 11) is 3.57. The highest BCUT2D eigenvalue weighted by atomic mass is 19.4. The van der Waals surface area contributed by atoms with Gasteiger partial charge >= 0.3 is 6.18 Å². The summed E-state index contributed by atoms with van der Waals surface area (Å²) in [5, 5.41) is 5.86.